The van der Waals surface area contributed by atoms with E-state index in [0.717, 1.165) is 96.3 Å². The number of esters is 1. The Labute approximate surface area is 369 Å². The molecule has 0 aromatic carbocycles. The van der Waals surface area contributed by atoms with Crippen LogP contribution in [-0.2, 0) is 32.7 Å². The SMILES string of the molecule is CC/C=C\C/C=C\C/C=C\C/C=C\C/C=C\CCCCCCCCCC(=O)OC(COCC/C=C\C/C=C\C/C=C\C/C=C\C/C=C\CC)COP(=O)(O)OCC(N)C(=O)O. The molecule has 0 saturated heterocycles. The first-order valence-corrected chi connectivity index (χ1v) is 24.1. The van der Waals surface area contributed by atoms with Gasteiger partial charge in [0.05, 0.1) is 26.4 Å². The molecule has 0 aliphatic rings. The van der Waals surface area contributed by atoms with E-state index in [1.165, 1.54) is 12.8 Å². The van der Waals surface area contributed by atoms with E-state index >= 15 is 0 Å². The molecule has 61 heavy (non-hydrogen) atoms. The monoisotopic (exact) mass is 870 g/mol. The third-order valence-corrected chi connectivity index (χ3v) is 9.71. The molecule has 4 N–H and O–H groups in total. The van der Waals surface area contributed by atoms with Gasteiger partial charge >= 0.3 is 19.8 Å². The normalized spacial score (nSPS) is 15.0. The lowest BCUT2D eigenvalue weighted by atomic mass is 10.1. The van der Waals surface area contributed by atoms with Gasteiger partial charge in [-0.3, -0.25) is 18.6 Å². The second-order valence-electron chi connectivity index (χ2n) is 14.4. The fourth-order valence-electron chi connectivity index (χ4n) is 5.34. The number of carboxylic acid groups (broad SMARTS) is 1. The summed E-state index contributed by atoms with van der Waals surface area (Å²) in [5.41, 5.74) is 5.35. The number of phosphoric ester groups is 1. The van der Waals surface area contributed by atoms with Crippen LogP contribution in [0.15, 0.2) is 122 Å². The predicted octanol–water partition coefficient (Wildman–Crippen LogP) is 12.9. The summed E-state index contributed by atoms with van der Waals surface area (Å²) in [6.07, 6.45) is 61.3. The molecule has 344 valence electrons. The number of hydrogen-bond acceptors (Lipinski definition) is 8. The Morgan fingerprint density at radius 3 is 1.34 bits per heavy atom. The predicted molar refractivity (Wildman–Crippen MR) is 253 cm³/mol. The lowest BCUT2D eigenvalue weighted by molar-refractivity contribution is -0.154. The van der Waals surface area contributed by atoms with Gasteiger partial charge in [0, 0.05) is 6.42 Å². The minimum absolute atomic E-state index is 0.0509. The highest BCUT2D eigenvalue weighted by Gasteiger charge is 2.27. The number of unbranched alkanes of at least 4 members (excludes halogenated alkanes) is 7. The molecule has 0 aliphatic heterocycles. The summed E-state index contributed by atoms with van der Waals surface area (Å²) in [5.74, 6) is -1.83. The number of carbonyl (C=O) groups is 2. The van der Waals surface area contributed by atoms with E-state index in [2.05, 4.69) is 123 Å². The zero-order chi connectivity index (χ0) is 44.8. The summed E-state index contributed by atoms with van der Waals surface area (Å²) < 4.78 is 33.2. The van der Waals surface area contributed by atoms with Gasteiger partial charge in [-0.05, 0) is 89.9 Å². The van der Waals surface area contributed by atoms with E-state index in [4.69, 9.17) is 29.4 Å². The Kier molecular flexibility index (Phi) is 41.8. The Morgan fingerprint density at radius 2 is 0.902 bits per heavy atom. The third-order valence-electron chi connectivity index (χ3n) is 8.76. The molecule has 3 unspecified atom stereocenters. The second kappa shape index (κ2) is 44.4. The lowest BCUT2D eigenvalue weighted by Gasteiger charge is -2.20. The summed E-state index contributed by atoms with van der Waals surface area (Å²) in [6.45, 7) is 3.39. The Morgan fingerprint density at radius 1 is 0.525 bits per heavy atom. The van der Waals surface area contributed by atoms with Crippen molar-refractivity contribution >= 4 is 19.8 Å². The van der Waals surface area contributed by atoms with E-state index in [0.29, 0.717) is 19.4 Å². The summed E-state index contributed by atoms with van der Waals surface area (Å²) in [5, 5.41) is 8.90. The molecule has 0 bridgehead atoms. The van der Waals surface area contributed by atoms with Gasteiger partial charge in [-0.15, -0.1) is 0 Å². The van der Waals surface area contributed by atoms with Crippen LogP contribution < -0.4 is 5.73 Å². The Bertz CT molecular complexity index is 1420. The Hall–Kier alpha value is -3.63. The van der Waals surface area contributed by atoms with Crippen molar-refractivity contribution in [1.29, 1.82) is 0 Å². The Balaban J connectivity index is 4.35. The number of allylic oxidation sites excluding steroid dienone is 19. The van der Waals surface area contributed by atoms with Crippen molar-refractivity contribution in [2.24, 2.45) is 5.73 Å². The van der Waals surface area contributed by atoms with E-state index in [1.807, 2.05) is 12.2 Å². The van der Waals surface area contributed by atoms with Gasteiger partial charge in [-0.25, -0.2) is 4.57 Å². The molecule has 0 heterocycles. The molecule has 0 aromatic heterocycles. The van der Waals surface area contributed by atoms with Crippen LogP contribution in [-0.4, -0.2) is 60.5 Å². The number of aliphatic carboxylic acids is 1. The zero-order valence-corrected chi connectivity index (χ0v) is 38.3. The number of hydrogen-bond donors (Lipinski definition) is 3. The summed E-state index contributed by atoms with van der Waals surface area (Å²) >= 11 is 0. The van der Waals surface area contributed by atoms with Crippen LogP contribution in [0.1, 0.15) is 142 Å². The zero-order valence-electron chi connectivity index (χ0n) is 37.4. The first-order chi connectivity index (χ1) is 29.7. The first kappa shape index (κ1) is 57.4. The maximum atomic E-state index is 12.7. The highest BCUT2D eigenvalue weighted by Crippen LogP contribution is 2.43. The molecular formula is C50H80NO9P. The molecule has 0 aromatic rings. The van der Waals surface area contributed by atoms with Gasteiger partial charge in [-0.2, -0.15) is 0 Å². The number of ether oxygens (including phenoxy) is 2. The molecule has 0 spiro atoms. The number of nitrogens with two attached hydrogens (primary N) is 1. The molecule has 0 aliphatic carbocycles. The van der Waals surface area contributed by atoms with Gasteiger partial charge in [0.25, 0.3) is 0 Å². The summed E-state index contributed by atoms with van der Waals surface area (Å²) in [4.78, 5) is 33.6. The maximum Gasteiger partial charge on any atom is 0.472 e. The van der Waals surface area contributed by atoms with Crippen molar-refractivity contribution in [3.8, 4) is 0 Å². The number of carboxylic acids is 1. The van der Waals surface area contributed by atoms with E-state index < -0.39 is 45.1 Å². The van der Waals surface area contributed by atoms with E-state index in [9.17, 15) is 19.0 Å². The number of phosphoric acid groups is 1. The highest BCUT2D eigenvalue weighted by molar-refractivity contribution is 7.47. The molecule has 0 radical (unpaired) electrons. The van der Waals surface area contributed by atoms with Gasteiger partial charge < -0.3 is 25.2 Å². The topological polar surface area (TPSA) is 155 Å². The van der Waals surface area contributed by atoms with Crippen molar-refractivity contribution in [2.75, 3.05) is 26.4 Å². The molecule has 0 amide bonds. The summed E-state index contributed by atoms with van der Waals surface area (Å²) in [7, 11) is -4.65. The quantitative estimate of drug-likeness (QED) is 0.0234. The van der Waals surface area contributed by atoms with Crippen molar-refractivity contribution in [1.82, 2.24) is 0 Å². The largest absolute Gasteiger partial charge is 0.480 e. The van der Waals surface area contributed by atoms with Crippen LogP contribution in [0.2, 0.25) is 0 Å². The number of rotatable bonds is 41. The highest BCUT2D eigenvalue weighted by atomic mass is 31.2. The lowest BCUT2D eigenvalue weighted by Crippen LogP contribution is -2.34. The standard InChI is InChI=1S/C50H80NO9P/c1-3-5-7-9-11-13-15-17-19-21-22-23-24-25-26-27-28-30-32-34-36-38-40-42-49(52)60-47(45-58-61(55,56)59-46-48(51)50(53)54)44-57-43-41-39-37-35-33-31-29-20-18-16-14-12-10-8-6-4-2/h5-8,11-14,17-20,22-23,25-26,31,33,37,39,47-48H,3-4,9-10,15-16,21,24,27-30,32,34-36,38,40-46,51H2,1-2H3,(H,53,54)(H,55,56)/b7-5-,8-6-,13-11-,14-12-,19-17-,20-18-,23-22-,26-25-,33-31-,39-37-. The van der Waals surface area contributed by atoms with Crippen molar-refractivity contribution < 1.29 is 42.7 Å². The smallest absolute Gasteiger partial charge is 0.472 e. The van der Waals surface area contributed by atoms with Crippen LogP contribution in [0.3, 0.4) is 0 Å². The van der Waals surface area contributed by atoms with E-state index in [1.54, 1.807) is 0 Å². The van der Waals surface area contributed by atoms with Crippen molar-refractivity contribution in [3.05, 3.63) is 122 Å². The molecule has 3 atom stereocenters. The van der Waals surface area contributed by atoms with Crippen LogP contribution in [0.4, 0.5) is 0 Å². The third kappa shape index (κ3) is 44.2. The molecular weight excluding hydrogens is 790 g/mol. The number of carbonyl (C=O) groups excluding carboxylic acids is 1. The van der Waals surface area contributed by atoms with E-state index in [-0.39, 0.29) is 13.0 Å². The second-order valence-corrected chi connectivity index (χ2v) is 15.9. The average Bonchev–Trinajstić information content (AvgIpc) is 3.24. The van der Waals surface area contributed by atoms with Crippen LogP contribution >= 0.6 is 7.82 Å². The minimum atomic E-state index is -4.65. The van der Waals surface area contributed by atoms with Crippen LogP contribution in [0, 0.1) is 0 Å². The van der Waals surface area contributed by atoms with Gasteiger partial charge in [0.15, 0.2) is 0 Å². The molecule has 0 saturated carbocycles. The van der Waals surface area contributed by atoms with Gasteiger partial charge in [0.2, 0.25) is 0 Å². The average molecular weight is 870 g/mol. The fourth-order valence-corrected chi connectivity index (χ4v) is 6.12. The first-order valence-electron chi connectivity index (χ1n) is 22.6. The molecule has 11 heteroatoms. The van der Waals surface area contributed by atoms with Crippen LogP contribution in [0.5, 0.6) is 0 Å². The van der Waals surface area contributed by atoms with Gasteiger partial charge in [-0.1, -0.05) is 167 Å². The fraction of sp³-hybridized carbons (Fsp3) is 0.560. The maximum absolute atomic E-state index is 12.7. The van der Waals surface area contributed by atoms with Gasteiger partial charge in [0.1, 0.15) is 12.1 Å². The molecule has 10 nitrogen and oxygen atoms in total. The van der Waals surface area contributed by atoms with Crippen LogP contribution in [0.25, 0.3) is 0 Å². The van der Waals surface area contributed by atoms with Crippen molar-refractivity contribution in [2.45, 2.75) is 154 Å². The van der Waals surface area contributed by atoms with Crippen molar-refractivity contribution in [3.63, 3.8) is 0 Å². The summed E-state index contributed by atoms with van der Waals surface area (Å²) in [6, 6.07) is -1.49. The minimum Gasteiger partial charge on any atom is -0.480 e. The molecule has 0 rings (SSSR count). The molecule has 0 fully saturated rings.